The monoisotopic (exact) mass is 310 g/mol. The maximum Gasteiger partial charge on any atom is 0.233 e. The highest BCUT2D eigenvalue weighted by Crippen LogP contribution is 2.52. The zero-order valence-electron chi connectivity index (χ0n) is 12.6. The molecule has 0 spiro atoms. The lowest BCUT2D eigenvalue weighted by atomic mass is 9.85. The molecule has 3 amide bonds. The summed E-state index contributed by atoms with van der Waals surface area (Å²) in [7, 11) is 0. The van der Waals surface area contributed by atoms with Gasteiger partial charge in [0, 0.05) is 18.7 Å². The number of hydrogen-bond donors (Lipinski definition) is 1. The minimum Gasteiger partial charge on any atom is -0.326 e. The van der Waals surface area contributed by atoms with Gasteiger partial charge in [-0.15, -0.1) is 0 Å². The van der Waals surface area contributed by atoms with Crippen molar-refractivity contribution in [1.29, 1.82) is 0 Å². The summed E-state index contributed by atoms with van der Waals surface area (Å²) >= 11 is 0. The number of imide groups is 1. The van der Waals surface area contributed by atoms with Crippen LogP contribution >= 0.6 is 0 Å². The van der Waals surface area contributed by atoms with Crippen molar-refractivity contribution in [3.05, 3.63) is 42.5 Å². The van der Waals surface area contributed by atoms with Gasteiger partial charge in [0.15, 0.2) is 0 Å². The molecule has 5 nitrogen and oxygen atoms in total. The molecular weight excluding hydrogens is 292 g/mol. The van der Waals surface area contributed by atoms with E-state index in [4.69, 9.17) is 0 Å². The molecule has 2 fully saturated rings. The Morgan fingerprint density at radius 1 is 1.04 bits per heavy atom. The van der Waals surface area contributed by atoms with Gasteiger partial charge in [-0.05, 0) is 30.4 Å². The maximum atomic E-state index is 12.5. The summed E-state index contributed by atoms with van der Waals surface area (Å²) in [5.41, 5.74) is 0.718. The van der Waals surface area contributed by atoms with Crippen molar-refractivity contribution < 1.29 is 14.4 Å². The average Bonchev–Trinajstić information content (AvgIpc) is 3.22. The molecule has 1 N–H and O–H groups in total. The molecule has 2 aliphatic carbocycles. The number of para-hydroxylation sites is 1. The van der Waals surface area contributed by atoms with Crippen LogP contribution in [0.25, 0.3) is 0 Å². The minimum atomic E-state index is -0.185. The van der Waals surface area contributed by atoms with E-state index < -0.39 is 0 Å². The number of nitrogens with zero attached hydrogens (tertiary/aromatic N) is 1. The van der Waals surface area contributed by atoms with Crippen LogP contribution in [0.5, 0.6) is 0 Å². The van der Waals surface area contributed by atoms with E-state index in [-0.39, 0.29) is 54.4 Å². The van der Waals surface area contributed by atoms with E-state index in [0.717, 1.165) is 12.1 Å². The third kappa shape index (κ3) is 2.27. The van der Waals surface area contributed by atoms with Crippen LogP contribution in [0.3, 0.4) is 0 Å². The van der Waals surface area contributed by atoms with E-state index in [2.05, 4.69) is 17.5 Å². The van der Waals surface area contributed by atoms with Crippen molar-refractivity contribution in [1.82, 2.24) is 4.90 Å². The predicted molar refractivity (Wildman–Crippen MR) is 84.1 cm³/mol. The smallest absolute Gasteiger partial charge is 0.233 e. The van der Waals surface area contributed by atoms with Gasteiger partial charge in [0.25, 0.3) is 0 Å². The summed E-state index contributed by atoms with van der Waals surface area (Å²) in [6.07, 6.45) is 5.20. The molecule has 0 unspecified atom stereocenters. The number of likely N-dealkylation sites (tertiary alicyclic amines) is 1. The molecule has 4 rings (SSSR count). The van der Waals surface area contributed by atoms with Crippen molar-refractivity contribution in [2.75, 3.05) is 11.9 Å². The van der Waals surface area contributed by atoms with Crippen molar-refractivity contribution in [2.24, 2.45) is 23.7 Å². The van der Waals surface area contributed by atoms with Crippen LogP contribution < -0.4 is 5.32 Å². The molecule has 5 heteroatoms. The third-order valence-electron chi connectivity index (χ3n) is 5.18. The van der Waals surface area contributed by atoms with Gasteiger partial charge in [0.2, 0.25) is 17.7 Å². The first kappa shape index (κ1) is 14.2. The van der Waals surface area contributed by atoms with Crippen molar-refractivity contribution in [2.45, 2.75) is 12.8 Å². The fraction of sp³-hybridized carbons (Fsp3) is 0.389. The van der Waals surface area contributed by atoms with E-state index in [9.17, 15) is 14.4 Å². The van der Waals surface area contributed by atoms with Gasteiger partial charge in [0.1, 0.15) is 0 Å². The standard InChI is InChI=1S/C18H18N2O3/c21-14(19-13-4-2-1-3-5-13)8-9-20-17(22)15-11-6-7-12(10-11)16(15)18(20)23/h1-7,11-12,15-16H,8-10H2,(H,19,21)/t11-,12+,15-,16-/m1/s1. The molecule has 4 atom stereocenters. The fourth-order valence-electron chi connectivity index (χ4n) is 4.14. The lowest BCUT2D eigenvalue weighted by Crippen LogP contribution is -2.35. The Kier molecular flexibility index (Phi) is 3.29. The molecule has 1 aromatic carbocycles. The number of nitrogens with one attached hydrogen (secondary N) is 1. The second kappa shape index (κ2) is 5.33. The molecule has 1 saturated heterocycles. The summed E-state index contributed by atoms with van der Waals surface area (Å²) in [6, 6.07) is 9.16. The van der Waals surface area contributed by atoms with Gasteiger partial charge in [-0.25, -0.2) is 0 Å². The van der Waals surface area contributed by atoms with Gasteiger partial charge in [-0.3, -0.25) is 19.3 Å². The topological polar surface area (TPSA) is 66.5 Å². The van der Waals surface area contributed by atoms with Crippen LogP contribution in [-0.4, -0.2) is 29.2 Å². The van der Waals surface area contributed by atoms with E-state index >= 15 is 0 Å². The summed E-state index contributed by atoms with van der Waals surface area (Å²) in [5.74, 6) is -0.317. The van der Waals surface area contributed by atoms with Gasteiger partial charge in [-0.2, -0.15) is 0 Å². The molecule has 3 aliphatic rings. The quantitative estimate of drug-likeness (QED) is 0.681. The largest absolute Gasteiger partial charge is 0.326 e. The normalized spacial score (nSPS) is 30.9. The van der Waals surface area contributed by atoms with Gasteiger partial charge < -0.3 is 5.32 Å². The lowest BCUT2D eigenvalue weighted by molar-refractivity contribution is -0.140. The molecule has 1 heterocycles. The van der Waals surface area contributed by atoms with Crippen LogP contribution in [0.15, 0.2) is 42.5 Å². The average molecular weight is 310 g/mol. The molecule has 1 aliphatic heterocycles. The Balaban J connectivity index is 1.38. The minimum absolute atomic E-state index is 0.0932. The second-order valence-corrected chi connectivity index (χ2v) is 6.49. The molecule has 2 bridgehead atoms. The maximum absolute atomic E-state index is 12.5. The lowest BCUT2D eigenvalue weighted by Gasteiger charge is -2.16. The summed E-state index contributed by atoms with van der Waals surface area (Å²) in [6.45, 7) is 0.169. The summed E-state index contributed by atoms with van der Waals surface area (Å²) in [4.78, 5) is 38.3. The SMILES string of the molecule is O=C(CCN1C(=O)[C@H]2[C@H](C1=O)[C@H]1C=C[C@@H]2C1)Nc1ccccc1. The highest BCUT2D eigenvalue weighted by Gasteiger charge is 2.58. The van der Waals surface area contributed by atoms with Crippen molar-refractivity contribution >= 4 is 23.4 Å². The molecule has 0 aromatic heterocycles. The Bertz CT molecular complexity index is 667. The first-order chi connectivity index (χ1) is 11.1. The Morgan fingerprint density at radius 3 is 2.26 bits per heavy atom. The predicted octanol–water partition coefficient (Wildman–Crippen LogP) is 1.82. The van der Waals surface area contributed by atoms with E-state index in [0.29, 0.717) is 0 Å². The van der Waals surface area contributed by atoms with Crippen LogP contribution in [0.4, 0.5) is 5.69 Å². The van der Waals surface area contributed by atoms with E-state index in [1.807, 2.05) is 18.2 Å². The van der Waals surface area contributed by atoms with Gasteiger partial charge in [0.05, 0.1) is 11.8 Å². The van der Waals surface area contributed by atoms with Crippen molar-refractivity contribution in [3.63, 3.8) is 0 Å². The van der Waals surface area contributed by atoms with Gasteiger partial charge >= 0.3 is 0 Å². The molecule has 0 radical (unpaired) electrons. The number of allylic oxidation sites excluding steroid dienone is 2. The van der Waals surface area contributed by atoms with Crippen LogP contribution in [0.1, 0.15) is 12.8 Å². The molecular formula is C18H18N2O3. The second-order valence-electron chi connectivity index (χ2n) is 6.49. The first-order valence-corrected chi connectivity index (χ1v) is 8.03. The number of carbonyl (C=O) groups excluding carboxylic acids is 3. The highest BCUT2D eigenvalue weighted by atomic mass is 16.2. The van der Waals surface area contributed by atoms with Gasteiger partial charge in [-0.1, -0.05) is 30.4 Å². The fourth-order valence-corrected chi connectivity index (χ4v) is 4.14. The molecule has 118 valence electrons. The van der Waals surface area contributed by atoms with Crippen LogP contribution in [0.2, 0.25) is 0 Å². The Morgan fingerprint density at radius 2 is 1.65 bits per heavy atom. The number of amides is 3. The number of anilines is 1. The van der Waals surface area contributed by atoms with E-state index in [1.165, 1.54) is 4.90 Å². The van der Waals surface area contributed by atoms with Crippen LogP contribution in [-0.2, 0) is 14.4 Å². The number of benzene rings is 1. The Hall–Kier alpha value is -2.43. The molecule has 1 aromatic rings. The van der Waals surface area contributed by atoms with E-state index in [1.54, 1.807) is 12.1 Å². The summed E-state index contributed by atoms with van der Waals surface area (Å²) in [5, 5.41) is 2.78. The third-order valence-corrected chi connectivity index (χ3v) is 5.18. The first-order valence-electron chi connectivity index (χ1n) is 8.03. The number of rotatable bonds is 4. The number of hydrogen-bond acceptors (Lipinski definition) is 3. The Labute approximate surface area is 134 Å². The number of carbonyl (C=O) groups is 3. The van der Waals surface area contributed by atoms with Crippen molar-refractivity contribution in [3.8, 4) is 0 Å². The molecule has 1 saturated carbocycles. The molecule has 23 heavy (non-hydrogen) atoms. The zero-order chi connectivity index (χ0) is 16.0. The summed E-state index contributed by atoms with van der Waals surface area (Å²) < 4.78 is 0. The van der Waals surface area contributed by atoms with Crippen LogP contribution in [0, 0.1) is 23.7 Å². The highest BCUT2D eigenvalue weighted by molar-refractivity contribution is 6.06. The zero-order valence-corrected chi connectivity index (χ0v) is 12.6. The number of fused-ring (bicyclic) bond motifs is 5.